The van der Waals surface area contributed by atoms with Crippen molar-refractivity contribution in [3.63, 3.8) is 0 Å². The van der Waals surface area contributed by atoms with Crippen LogP contribution in [0.15, 0.2) is 0 Å². The van der Waals surface area contributed by atoms with Gasteiger partial charge in [-0.1, -0.05) is 13.3 Å². The lowest BCUT2D eigenvalue weighted by Crippen LogP contribution is -2.43. The Labute approximate surface area is 243 Å². The number of quaternary nitrogens is 1. The summed E-state index contributed by atoms with van der Waals surface area (Å²) in [5, 5.41) is 0. The topological polar surface area (TPSA) is 136 Å². The van der Waals surface area contributed by atoms with E-state index >= 15 is 0 Å². The third kappa shape index (κ3) is 17.9. The molecule has 0 aromatic rings. The molecule has 0 N–H and O–H groups in total. The van der Waals surface area contributed by atoms with Gasteiger partial charge in [0, 0.05) is 33.1 Å². The third-order valence-electron chi connectivity index (χ3n) is 5.26. The first-order chi connectivity index (χ1) is 18.6. The minimum Gasteiger partial charge on any atom is -0.460 e. The number of carbonyl (C=O) groups excluding carboxylic acids is 1. The highest BCUT2D eigenvalue weighted by atomic mass is 32.3. The Hall–Kier alpha value is -0.683. The van der Waals surface area contributed by atoms with E-state index in [-0.39, 0.29) is 5.97 Å². The zero-order valence-electron chi connectivity index (χ0n) is 23.8. The zero-order chi connectivity index (χ0) is 32.6. The maximum absolute atomic E-state index is 11.8. The molecule has 0 heterocycles. The largest absolute Gasteiger partial charge is 0.500 e. The van der Waals surface area contributed by atoms with E-state index < -0.39 is 39.9 Å². The van der Waals surface area contributed by atoms with Gasteiger partial charge in [0.15, 0.2) is 20.0 Å². The van der Waals surface area contributed by atoms with Gasteiger partial charge in [0.05, 0.1) is 27.1 Å². The molecule has 0 aliphatic carbocycles. The van der Waals surface area contributed by atoms with Gasteiger partial charge in [0.25, 0.3) is 0 Å². The fourth-order valence-corrected chi connectivity index (χ4v) is 7.35. The van der Waals surface area contributed by atoms with Crippen LogP contribution in [0, 0.1) is 0 Å². The Morgan fingerprint density at radius 3 is 1.73 bits per heavy atom. The first kappa shape index (κ1) is 42.4. The number of thioether (sulfide) groups is 1. The lowest BCUT2D eigenvalue weighted by Gasteiger charge is -2.29. The van der Waals surface area contributed by atoms with Crippen LogP contribution in [-0.2, 0) is 42.9 Å². The van der Waals surface area contributed by atoms with Gasteiger partial charge in [-0.15, -0.1) is 0 Å². The molecular weight excluding hydrogens is 651 g/mol. The fraction of sp³-hybridized carbons (Fsp3) is 0.950. The van der Waals surface area contributed by atoms with Crippen molar-refractivity contribution in [1.29, 1.82) is 0 Å². The van der Waals surface area contributed by atoms with Gasteiger partial charge in [-0.05, 0) is 25.0 Å². The predicted octanol–water partition coefficient (Wildman–Crippen LogP) is 4.25. The molecule has 0 amide bonds. The second-order valence-electron chi connectivity index (χ2n) is 8.99. The van der Waals surface area contributed by atoms with Crippen LogP contribution in [-0.4, -0.2) is 114 Å². The molecule has 0 fully saturated rings. The average molecular weight is 691 g/mol. The van der Waals surface area contributed by atoms with Gasteiger partial charge in [0.1, 0.15) is 13.2 Å². The quantitative estimate of drug-likeness (QED) is 0.0637. The first-order valence-electron chi connectivity index (χ1n) is 12.1. The number of likely N-dealkylation sites (N-methyl/N-ethyl adjacent to an activating group) is 1. The second kappa shape index (κ2) is 18.9. The van der Waals surface area contributed by atoms with E-state index in [1.165, 1.54) is 19.3 Å². The molecule has 0 aromatic carbocycles. The maximum Gasteiger partial charge on any atom is 0.500 e. The van der Waals surface area contributed by atoms with Gasteiger partial charge in [-0.3, -0.25) is 4.79 Å². The van der Waals surface area contributed by atoms with E-state index in [2.05, 4.69) is 21.0 Å². The number of rotatable bonds is 19. The highest BCUT2D eigenvalue weighted by molar-refractivity contribution is 8.13. The summed E-state index contributed by atoms with van der Waals surface area (Å²) in [5.41, 5.74) is -12.4. The van der Waals surface area contributed by atoms with Crippen LogP contribution in [0.1, 0.15) is 39.0 Å². The summed E-state index contributed by atoms with van der Waals surface area (Å²) >= 11 is 1.76. The Balaban J connectivity index is 0. The van der Waals surface area contributed by atoms with Gasteiger partial charge in [-0.2, -0.15) is 38.1 Å². The van der Waals surface area contributed by atoms with Gasteiger partial charge >= 0.3 is 25.8 Å². The van der Waals surface area contributed by atoms with E-state index in [0.29, 0.717) is 13.0 Å². The van der Waals surface area contributed by atoms with Crippen LogP contribution in [0.25, 0.3) is 4.13 Å². The number of esters is 1. The van der Waals surface area contributed by atoms with Gasteiger partial charge in [0.2, 0.25) is 0 Å². The standard InChI is InChI=1S/C18H40NO5SSi.C2F6NO4S2/c1-7-8-9-12-19(2,3)13-14-24-18(20)11-16-25-15-10-17-26(21-4,22-5)23-6;3-1(4,5)14(10,11)9-15(12,13)2(6,7)8/h7-17H2,1-6H3;/q+1;-1. The van der Waals surface area contributed by atoms with Crippen molar-refractivity contribution in [2.24, 2.45) is 0 Å². The number of unbranched alkanes of at least 4 members (excludes halogenated alkanes) is 2. The molecule has 41 heavy (non-hydrogen) atoms. The number of alkyl halides is 6. The van der Waals surface area contributed by atoms with Crippen molar-refractivity contribution in [3.8, 4) is 0 Å². The van der Waals surface area contributed by atoms with E-state index in [4.69, 9.17) is 18.0 Å². The first-order valence-corrected chi connectivity index (χ1v) is 18.1. The van der Waals surface area contributed by atoms with Crippen molar-refractivity contribution < 1.29 is 70.5 Å². The molecule has 0 atom stereocenters. The monoisotopic (exact) mass is 690 g/mol. The molecule has 0 aliphatic heterocycles. The summed E-state index contributed by atoms with van der Waals surface area (Å²) in [4.78, 5) is 11.8. The summed E-state index contributed by atoms with van der Waals surface area (Å²) in [7, 11) is -6.61. The highest BCUT2D eigenvalue weighted by Crippen LogP contribution is 2.36. The summed E-state index contributed by atoms with van der Waals surface area (Å²) in [6, 6.07) is 0.791. The lowest BCUT2D eigenvalue weighted by molar-refractivity contribution is -0.890. The predicted molar refractivity (Wildman–Crippen MR) is 144 cm³/mol. The van der Waals surface area contributed by atoms with Crippen molar-refractivity contribution in [2.45, 2.75) is 56.1 Å². The Morgan fingerprint density at radius 2 is 1.32 bits per heavy atom. The van der Waals surface area contributed by atoms with Crippen molar-refractivity contribution in [3.05, 3.63) is 4.13 Å². The molecular formula is C20H40F6N2O9S3Si. The molecule has 11 nitrogen and oxygen atoms in total. The number of sulfonamides is 2. The number of carbonyl (C=O) groups is 1. The van der Waals surface area contributed by atoms with E-state index in [1.54, 1.807) is 33.1 Å². The second-order valence-corrected chi connectivity index (χ2v) is 16.7. The molecule has 0 saturated carbocycles. The third-order valence-corrected chi connectivity index (χ3v) is 11.9. The van der Waals surface area contributed by atoms with Gasteiger partial charge < -0.3 is 26.6 Å². The number of nitrogens with zero attached hydrogens (tertiary/aromatic N) is 2. The van der Waals surface area contributed by atoms with Crippen molar-refractivity contribution in [1.82, 2.24) is 0 Å². The molecule has 0 rings (SSSR count). The Kier molecular flexibility index (Phi) is 19.5. The minimum atomic E-state index is -6.72. The highest BCUT2D eigenvalue weighted by Gasteiger charge is 2.47. The zero-order valence-corrected chi connectivity index (χ0v) is 27.3. The van der Waals surface area contributed by atoms with Crippen LogP contribution in [0.3, 0.4) is 0 Å². The molecule has 21 heteroatoms. The normalized spacial score (nSPS) is 13.5. The van der Waals surface area contributed by atoms with Gasteiger partial charge in [-0.25, -0.2) is 16.8 Å². The average Bonchev–Trinajstić information content (AvgIpc) is 2.82. The number of ether oxygens (including phenoxy) is 1. The van der Waals surface area contributed by atoms with Crippen LogP contribution >= 0.6 is 11.8 Å². The van der Waals surface area contributed by atoms with Crippen LogP contribution in [0.5, 0.6) is 0 Å². The van der Waals surface area contributed by atoms with Crippen molar-refractivity contribution >= 4 is 46.6 Å². The maximum atomic E-state index is 11.8. The minimum absolute atomic E-state index is 0.0968. The summed E-state index contributed by atoms with van der Waals surface area (Å²) < 4.78 is 132. The Bertz CT molecular complexity index is 912. The Morgan fingerprint density at radius 1 is 0.829 bits per heavy atom. The smallest absolute Gasteiger partial charge is 0.460 e. The van der Waals surface area contributed by atoms with Crippen LogP contribution in [0.2, 0.25) is 6.04 Å². The lowest BCUT2D eigenvalue weighted by atomic mass is 10.2. The molecule has 0 saturated heterocycles. The SMILES string of the molecule is CCCCC[N+](C)(C)CCOC(=O)CCSCCC[Si](OC)(OC)OC.O=S(=O)([N-]S(=O)(=O)C(F)(F)F)C(F)(F)F. The molecule has 0 bridgehead atoms. The van der Waals surface area contributed by atoms with Crippen LogP contribution < -0.4 is 0 Å². The van der Waals surface area contributed by atoms with E-state index in [9.17, 15) is 48.0 Å². The molecule has 0 aromatic heterocycles. The number of halogens is 6. The molecule has 0 spiro atoms. The summed E-state index contributed by atoms with van der Waals surface area (Å²) in [5.74, 6) is 1.65. The van der Waals surface area contributed by atoms with E-state index in [1.807, 2.05) is 0 Å². The molecule has 248 valence electrons. The van der Waals surface area contributed by atoms with E-state index in [0.717, 1.165) is 45.7 Å². The molecule has 0 aliphatic rings. The molecule has 0 radical (unpaired) electrons. The number of hydrogen-bond donors (Lipinski definition) is 0. The molecule has 0 unspecified atom stereocenters. The van der Waals surface area contributed by atoms with Crippen LogP contribution in [0.4, 0.5) is 26.3 Å². The fourth-order valence-electron chi connectivity index (χ4n) is 2.80. The number of hydrogen-bond acceptors (Lipinski definition) is 10. The summed E-state index contributed by atoms with van der Waals surface area (Å²) in [6.07, 6.45) is 5.15. The summed E-state index contributed by atoms with van der Waals surface area (Å²) in [6.45, 7) is 4.73. The van der Waals surface area contributed by atoms with Crippen molar-refractivity contribution in [2.75, 3.05) is 66.6 Å².